The molecule has 2 N–H and O–H groups in total. The molecule has 0 saturated heterocycles. The molecular weight excluding hydrogens is 412 g/mol. The molecule has 2 amide bonds. The van der Waals surface area contributed by atoms with E-state index in [2.05, 4.69) is 21.1 Å². The molecule has 0 aliphatic rings. The lowest BCUT2D eigenvalue weighted by Crippen LogP contribution is -2.33. The van der Waals surface area contributed by atoms with Gasteiger partial charge in [0.1, 0.15) is 0 Å². The van der Waals surface area contributed by atoms with Crippen LogP contribution in [0.2, 0.25) is 0 Å². The van der Waals surface area contributed by atoms with Gasteiger partial charge in [0.25, 0.3) is 11.8 Å². The Labute approximate surface area is 184 Å². The smallest absolute Gasteiger partial charge is 0.252 e. The molecule has 0 spiro atoms. The van der Waals surface area contributed by atoms with Crippen molar-refractivity contribution >= 4 is 36.0 Å². The maximum Gasteiger partial charge on any atom is 0.252 e. The molecule has 156 valence electrons. The molecule has 2 aromatic rings. The maximum atomic E-state index is 12.2. The number of amides is 2. The number of carbonyl (C=O) groups is 2. The zero-order valence-electron chi connectivity index (χ0n) is 16.9. The zero-order chi connectivity index (χ0) is 22.6. The Kier molecular flexibility index (Phi) is 8.96. The van der Waals surface area contributed by atoms with Gasteiger partial charge in [-0.05, 0) is 49.2 Å². The van der Waals surface area contributed by atoms with Crippen LogP contribution in [-0.4, -0.2) is 34.7 Å². The van der Waals surface area contributed by atoms with Crippen LogP contribution >= 0.6 is 11.8 Å². The predicted molar refractivity (Wildman–Crippen MR) is 120 cm³/mol. The van der Waals surface area contributed by atoms with Crippen molar-refractivity contribution in [1.29, 1.82) is 10.5 Å². The van der Waals surface area contributed by atoms with E-state index in [0.717, 1.165) is 11.1 Å². The zero-order valence-corrected chi connectivity index (χ0v) is 17.8. The van der Waals surface area contributed by atoms with E-state index in [0.29, 0.717) is 11.1 Å². The van der Waals surface area contributed by atoms with Crippen molar-refractivity contribution in [3.05, 3.63) is 70.8 Å². The minimum atomic E-state index is -0.513. The Morgan fingerprint density at radius 2 is 1.16 bits per heavy atom. The molecule has 31 heavy (non-hydrogen) atoms. The number of nitrogens with zero attached hydrogens (tertiary/aromatic N) is 4. The first-order valence-electron chi connectivity index (χ1n) is 9.24. The summed E-state index contributed by atoms with van der Waals surface area (Å²) in [5.74, 6) is -0.675. The number of hydrazone groups is 2. The summed E-state index contributed by atoms with van der Waals surface area (Å²) < 4.78 is 0. The van der Waals surface area contributed by atoms with E-state index in [1.165, 1.54) is 24.2 Å². The van der Waals surface area contributed by atoms with Gasteiger partial charge in [-0.15, -0.1) is 11.8 Å². The molecule has 2 aromatic carbocycles. The average molecular weight is 433 g/mol. The number of thioether (sulfide) groups is 1. The van der Waals surface area contributed by atoms with E-state index in [9.17, 15) is 9.59 Å². The predicted octanol–water partition coefficient (Wildman–Crippen LogP) is 2.54. The number of rotatable bonds is 8. The first kappa shape index (κ1) is 23.3. The molecule has 0 heterocycles. The number of hydrogen-bond acceptors (Lipinski definition) is 7. The number of nitriles is 2. The number of nitrogens with one attached hydrogen (secondary N) is 2. The van der Waals surface area contributed by atoms with E-state index in [1.54, 1.807) is 62.4 Å². The summed E-state index contributed by atoms with van der Waals surface area (Å²) in [6.07, 6.45) is 2.95. The summed E-state index contributed by atoms with van der Waals surface area (Å²) in [5.41, 5.74) is 7.45. The van der Waals surface area contributed by atoms with Crippen molar-refractivity contribution in [1.82, 2.24) is 10.9 Å². The first-order chi connectivity index (χ1) is 14.9. The first-order valence-corrected chi connectivity index (χ1v) is 10.2. The molecule has 0 saturated carbocycles. The highest BCUT2D eigenvalue weighted by Crippen LogP contribution is 2.17. The fourth-order valence-electron chi connectivity index (χ4n) is 2.24. The average Bonchev–Trinajstić information content (AvgIpc) is 2.79. The molecule has 0 fully saturated rings. The third kappa shape index (κ3) is 7.77. The molecule has 2 atom stereocenters. The van der Waals surface area contributed by atoms with Gasteiger partial charge in [-0.1, -0.05) is 24.3 Å². The third-order valence-corrected chi connectivity index (χ3v) is 5.25. The van der Waals surface area contributed by atoms with Gasteiger partial charge in [-0.3, -0.25) is 9.59 Å². The lowest BCUT2D eigenvalue weighted by molar-refractivity contribution is -0.120. The van der Waals surface area contributed by atoms with Gasteiger partial charge < -0.3 is 0 Å². The number of benzene rings is 2. The van der Waals surface area contributed by atoms with Crippen molar-refractivity contribution in [2.75, 3.05) is 0 Å². The normalized spacial score (nSPS) is 12.6. The second-order valence-electron chi connectivity index (χ2n) is 6.36. The SMILES string of the molecule is C[C@H](S[C@@H](C)C(=O)N/N=C/c1ccc(C#N)cc1)C(=O)N/N=C/c1ccc(C#N)cc1. The quantitative estimate of drug-likeness (QED) is 0.489. The Balaban J connectivity index is 1.77. The Bertz CT molecular complexity index is 964. The fraction of sp³-hybridized carbons (Fsp3) is 0.182. The third-order valence-electron chi connectivity index (χ3n) is 4.00. The van der Waals surface area contributed by atoms with Crippen molar-refractivity contribution in [3.63, 3.8) is 0 Å². The largest absolute Gasteiger partial charge is 0.272 e. The lowest BCUT2D eigenvalue weighted by Gasteiger charge is -2.14. The molecular formula is C22H20N6O2S. The highest BCUT2D eigenvalue weighted by Gasteiger charge is 2.21. The van der Waals surface area contributed by atoms with Crippen molar-refractivity contribution in [2.45, 2.75) is 24.3 Å². The van der Waals surface area contributed by atoms with Crippen LogP contribution in [0.1, 0.15) is 36.1 Å². The van der Waals surface area contributed by atoms with Crippen LogP contribution in [0.15, 0.2) is 58.7 Å². The van der Waals surface area contributed by atoms with Crippen LogP contribution in [0.5, 0.6) is 0 Å². The molecule has 0 aliphatic carbocycles. The second kappa shape index (κ2) is 11.9. The molecule has 0 bridgehead atoms. The summed E-state index contributed by atoms with van der Waals surface area (Å²) in [4.78, 5) is 24.3. The van der Waals surface area contributed by atoms with Crippen LogP contribution < -0.4 is 10.9 Å². The maximum absolute atomic E-state index is 12.2. The van der Waals surface area contributed by atoms with Gasteiger partial charge >= 0.3 is 0 Å². The monoisotopic (exact) mass is 432 g/mol. The van der Waals surface area contributed by atoms with Crippen LogP contribution in [0.25, 0.3) is 0 Å². The molecule has 0 unspecified atom stereocenters. The second-order valence-corrected chi connectivity index (χ2v) is 8.04. The topological polar surface area (TPSA) is 130 Å². The summed E-state index contributed by atoms with van der Waals surface area (Å²) >= 11 is 1.17. The van der Waals surface area contributed by atoms with Gasteiger partial charge in [-0.25, -0.2) is 10.9 Å². The summed E-state index contributed by atoms with van der Waals surface area (Å²) in [6.45, 7) is 3.36. The molecule has 0 aliphatic heterocycles. The van der Waals surface area contributed by atoms with Crippen molar-refractivity contribution in [2.24, 2.45) is 10.2 Å². The molecule has 8 nitrogen and oxygen atoms in total. The van der Waals surface area contributed by atoms with Gasteiger partial charge in [0.15, 0.2) is 0 Å². The molecule has 9 heteroatoms. The summed E-state index contributed by atoms with van der Waals surface area (Å²) in [7, 11) is 0. The molecule has 2 rings (SSSR count). The van der Waals surface area contributed by atoms with Crippen molar-refractivity contribution < 1.29 is 9.59 Å². The van der Waals surface area contributed by atoms with Crippen LogP contribution in [0.4, 0.5) is 0 Å². The fourth-order valence-corrected chi connectivity index (χ4v) is 3.20. The van der Waals surface area contributed by atoms with E-state index in [-0.39, 0.29) is 11.8 Å². The van der Waals surface area contributed by atoms with Crippen LogP contribution in [0.3, 0.4) is 0 Å². The van der Waals surface area contributed by atoms with Crippen LogP contribution in [-0.2, 0) is 9.59 Å². The van der Waals surface area contributed by atoms with E-state index >= 15 is 0 Å². The van der Waals surface area contributed by atoms with Gasteiger partial charge in [0.05, 0.1) is 46.2 Å². The van der Waals surface area contributed by atoms with E-state index in [1.807, 2.05) is 12.1 Å². The Hall–Kier alpha value is -3.95. The minimum Gasteiger partial charge on any atom is -0.272 e. The van der Waals surface area contributed by atoms with Crippen LogP contribution in [0, 0.1) is 22.7 Å². The summed E-state index contributed by atoms with van der Waals surface area (Å²) in [5, 5.41) is 24.3. The van der Waals surface area contributed by atoms with Crippen molar-refractivity contribution in [3.8, 4) is 12.1 Å². The van der Waals surface area contributed by atoms with Gasteiger partial charge in [-0.2, -0.15) is 20.7 Å². The highest BCUT2D eigenvalue weighted by molar-refractivity contribution is 8.01. The standard InChI is InChI=1S/C22H20N6O2S/c1-15(21(29)27-25-13-19-7-3-17(11-23)4-8-19)31-16(2)22(30)28-26-14-20-9-5-18(12-24)6-10-20/h3-10,13-16H,1-2H3,(H,27,29)(H,28,30)/b25-13+,26-14+/t15-,16-/m0/s1. The lowest BCUT2D eigenvalue weighted by atomic mass is 10.2. The van der Waals surface area contributed by atoms with E-state index in [4.69, 9.17) is 10.5 Å². The number of hydrogen-bond donors (Lipinski definition) is 2. The number of carbonyl (C=O) groups excluding carboxylic acids is 2. The minimum absolute atomic E-state index is 0.337. The van der Waals surface area contributed by atoms with Gasteiger partial charge in [0, 0.05) is 0 Å². The highest BCUT2D eigenvalue weighted by atomic mass is 32.2. The Morgan fingerprint density at radius 3 is 1.48 bits per heavy atom. The Morgan fingerprint density at radius 1 is 0.806 bits per heavy atom. The van der Waals surface area contributed by atoms with Gasteiger partial charge in [0.2, 0.25) is 0 Å². The molecule has 0 aromatic heterocycles. The molecule has 0 radical (unpaired) electrons. The van der Waals surface area contributed by atoms with E-state index < -0.39 is 10.5 Å². The summed E-state index contributed by atoms with van der Waals surface area (Å²) in [6, 6.07) is 17.6.